The summed E-state index contributed by atoms with van der Waals surface area (Å²) < 4.78 is 54.1. The van der Waals surface area contributed by atoms with Gasteiger partial charge in [-0.2, -0.15) is 18.4 Å². The number of nitriles is 1. The summed E-state index contributed by atoms with van der Waals surface area (Å²) in [6.07, 6.45) is -0.425. The fraction of sp³-hybridized carbons (Fsp3) is 0.269. The van der Waals surface area contributed by atoms with Gasteiger partial charge in [0.25, 0.3) is 5.91 Å². The Morgan fingerprint density at radius 2 is 1.77 bits per heavy atom. The maximum Gasteiger partial charge on any atom is 0.417 e. The fourth-order valence-corrected chi connectivity index (χ4v) is 4.44. The van der Waals surface area contributed by atoms with Crippen molar-refractivity contribution in [2.75, 3.05) is 13.1 Å². The summed E-state index contributed by atoms with van der Waals surface area (Å²) in [6.45, 7) is 1.10. The minimum atomic E-state index is -4.84. The maximum atomic E-state index is 14.2. The molecule has 2 heterocycles. The first-order valence-corrected chi connectivity index (χ1v) is 11.1. The van der Waals surface area contributed by atoms with Crippen molar-refractivity contribution in [3.8, 4) is 6.07 Å². The second-order valence-corrected chi connectivity index (χ2v) is 8.37. The van der Waals surface area contributed by atoms with Crippen molar-refractivity contribution in [1.29, 1.82) is 5.26 Å². The van der Waals surface area contributed by atoms with Crippen molar-refractivity contribution in [1.82, 2.24) is 15.2 Å². The molecule has 5 nitrogen and oxygen atoms in total. The van der Waals surface area contributed by atoms with Crippen LogP contribution in [-0.4, -0.2) is 34.9 Å². The van der Waals surface area contributed by atoms with Crippen LogP contribution in [0.25, 0.3) is 0 Å². The number of carbonyl (C=O) groups is 1. The number of halogens is 4. The van der Waals surface area contributed by atoms with Crippen molar-refractivity contribution in [3.63, 3.8) is 0 Å². The molecule has 35 heavy (non-hydrogen) atoms. The minimum Gasteiger partial charge on any atom is -0.349 e. The van der Waals surface area contributed by atoms with Crippen LogP contribution in [0.5, 0.6) is 0 Å². The Balaban J connectivity index is 1.49. The number of nitrogens with one attached hydrogen (secondary N) is 1. The third-order valence-electron chi connectivity index (χ3n) is 6.13. The van der Waals surface area contributed by atoms with Gasteiger partial charge in [0, 0.05) is 31.5 Å². The van der Waals surface area contributed by atoms with Gasteiger partial charge < -0.3 is 5.32 Å². The monoisotopic (exact) mass is 482 g/mol. The molecule has 1 saturated heterocycles. The fourth-order valence-electron chi connectivity index (χ4n) is 4.44. The van der Waals surface area contributed by atoms with E-state index in [1.807, 2.05) is 24.3 Å². The van der Waals surface area contributed by atoms with Crippen molar-refractivity contribution in [2.45, 2.75) is 31.1 Å². The average molecular weight is 482 g/mol. The molecule has 1 aliphatic heterocycles. The van der Waals surface area contributed by atoms with E-state index in [1.54, 1.807) is 24.5 Å². The Hall–Kier alpha value is -3.77. The van der Waals surface area contributed by atoms with Crippen LogP contribution >= 0.6 is 0 Å². The van der Waals surface area contributed by atoms with Gasteiger partial charge in [-0.3, -0.25) is 14.7 Å². The predicted octanol–water partition coefficient (Wildman–Crippen LogP) is 5.09. The van der Waals surface area contributed by atoms with E-state index in [-0.39, 0.29) is 6.04 Å². The molecule has 9 heteroatoms. The number of rotatable bonds is 5. The summed E-state index contributed by atoms with van der Waals surface area (Å²) in [6, 6.07) is 15.1. The molecule has 180 valence electrons. The van der Waals surface area contributed by atoms with Crippen molar-refractivity contribution >= 4 is 5.91 Å². The quantitative estimate of drug-likeness (QED) is 0.514. The third-order valence-corrected chi connectivity index (χ3v) is 6.13. The molecule has 1 amide bonds. The van der Waals surface area contributed by atoms with Crippen LogP contribution < -0.4 is 5.32 Å². The topological polar surface area (TPSA) is 69.0 Å². The molecule has 1 fully saturated rings. The SMILES string of the molecule is N#Cc1ccc(C(c2cccnc2)N2CCC(NC(=O)c3c(F)cccc3C(F)(F)F)CC2)cc1. The van der Waals surface area contributed by atoms with Crippen molar-refractivity contribution < 1.29 is 22.4 Å². The highest BCUT2D eigenvalue weighted by atomic mass is 19.4. The number of alkyl halides is 3. The molecule has 2 aromatic carbocycles. The van der Waals surface area contributed by atoms with E-state index in [4.69, 9.17) is 5.26 Å². The molecule has 0 aliphatic carbocycles. The zero-order valence-corrected chi connectivity index (χ0v) is 18.6. The van der Waals surface area contributed by atoms with E-state index in [0.717, 1.165) is 23.3 Å². The molecule has 1 aliphatic rings. The Morgan fingerprint density at radius 1 is 1.06 bits per heavy atom. The average Bonchev–Trinajstić information content (AvgIpc) is 2.85. The van der Waals surface area contributed by atoms with Gasteiger partial charge in [-0.15, -0.1) is 0 Å². The van der Waals surface area contributed by atoms with E-state index < -0.39 is 35.1 Å². The normalized spacial score (nSPS) is 15.9. The smallest absolute Gasteiger partial charge is 0.349 e. The molecule has 0 radical (unpaired) electrons. The molecule has 1 aromatic heterocycles. The number of pyridine rings is 1. The first kappa shape index (κ1) is 24.4. The molecule has 4 rings (SSSR count). The van der Waals surface area contributed by atoms with Crippen molar-refractivity contribution in [2.24, 2.45) is 0 Å². The van der Waals surface area contributed by atoms with Gasteiger partial charge in [-0.25, -0.2) is 4.39 Å². The summed E-state index contributed by atoms with van der Waals surface area (Å²) in [7, 11) is 0. The standard InChI is InChI=1S/C26H22F4N4O/c27-22-5-1-4-21(26(28,29)30)23(22)25(35)33-20-10-13-34(14-11-20)24(19-3-2-12-32-16-19)18-8-6-17(15-31)7-9-18/h1-9,12,16,20,24H,10-11,13-14H2,(H,33,35). The Bertz CT molecular complexity index is 1210. The molecule has 0 bridgehead atoms. The summed E-state index contributed by atoms with van der Waals surface area (Å²) in [5, 5.41) is 11.7. The number of piperidine rings is 1. The molecule has 1 N–H and O–H groups in total. The molecule has 0 saturated carbocycles. The van der Waals surface area contributed by atoms with E-state index in [2.05, 4.69) is 21.3 Å². The Morgan fingerprint density at radius 3 is 2.37 bits per heavy atom. The molecule has 1 unspecified atom stereocenters. The zero-order valence-electron chi connectivity index (χ0n) is 18.6. The molecule has 0 spiro atoms. The molecule has 1 atom stereocenters. The lowest BCUT2D eigenvalue weighted by Gasteiger charge is -2.38. The van der Waals surface area contributed by atoms with Gasteiger partial charge in [-0.05, 0) is 54.3 Å². The lowest BCUT2D eigenvalue weighted by molar-refractivity contribution is -0.138. The second kappa shape index (κ2) is 10.2. The molecule has 3 aromatic rings. The molecular formula is C26H22F4N4O. The summed E-state index contributed by atoms with van der Waals surface area (Å²) in [4.78, 5) is 19.0. The van der Waals surface area contributed by atoms with Crippen molar-refractivity contribution in [3.05, 3.63) is 101 Å². The van der Waals surface area contributed by atoms with E-state index >= 15 is 0 Å². The first-order valence-electron chi connectivity index (χ1n) is 11.1. The highest BCUT2D eigenvalue weighted by molar-refractivity contribution is 5.96. The number of carbonyl (C=O) groups excluding carboxylic acids is 1. The zero-order chi connectivity index (χ0) is 25.0. The van der Waals surface area contributed by atoms with Crippen LogP contribution in [0.2, 0.25) is 0 Å². The number of likely N-dealkylation sites (tertiary alicyclic amines) is 1. The minimum absolute atomic E-state index is 0.142. The number of nitrogens with zero attached hydrogens (tertiary/aromatic N) is 3. The first-order chi connectivity index (χ1) is 16.8. The maximum absolute atomic E-state index is 14.2. The van der Waals surface area contributed by atoms with Gasteiger partial charge in [0.05, 0.1) is 28.8 Å². The van der Waals surface area contributed by atoms with E-state index in [9.17, 15) is 22.4 Å². The lowest BCUT2D eigenvalue weighted by Crippen LogP contribution is -2.46. The highest BCUT2D eigenvalue weighted by Crippen LogP contribution is 2.34. The van der Waals surface area contributed by atoms with Crippen LogP contribution in [0.1, 0.15) is 51.5 Å². The van der Waals surface area contributed by atoms with Crippen LogP contribution in [0.15, 0.2) is 67.0 Å². The number of hydrogen-bond donors (Lipinski definition) is 1. The molecular weight excluding hydrogens is 460 g/mol. The largest absolute Gasteiger partial charge is 0.417 e. The van der Waals surface area contributed by atoms with Crippen LogP contribution in [0, 0.1) is 17.1 Å². The highest BCUT2D eigenvalue weighted by Gasteiger charge is 2.37. The second-order valence-electron chi connectivity index (χ2n) is 8.37. The van der Waals surface area contributed by atoms with E-state index in [1.165, 1.54) is 0 Å². The number of amides is 1. The third kappa shape index (κ3) is 5.49. The van der Waals surface area contributed by atoms with Crippen LogP contribution in [0.3, 0.4) is 0 Å². The predicted molar refractivity (Wildman–Crippen MR) is 121 cm³/mol. The van der Waals surface area contributed by atoms with Gasteiger partial charge in [-0.1, -0.05) is 24.3 Å². The van der Waals surface area contributed by atoms with Gasteiger partial charge in [0.1, 0.15) is 5.82 Å². The van der Waals surface area contributed by atoms with Gasteiger partial charge >= 0.3 is 6.18 Å². The Kier molecular flexibility index (Phi) is 7.12. The van der Waals surface area contributed by atoms with E-state index in [0.29, 0.717) is 37.6 Å². The summed E-state index contributed by atoms with van der Waals surface area (Å²) in [5.74, 6) is -2.27. The summed E-state index contributed by atoms with van der Waals surface area (Å²) in [5.41, 5.74) is 0.214. The van der Waals surface area contributed by atoms with Crippen LogP contribution in [-0.2, 0) is 6.18 Å². The van der Waals surface area contributed by atoms with Crippen LogP contribution in [0.4, 0.5) is 17.6 Å². The van der Waals surface area contributed by atoms with Gasteiger partial charge in [0.2, 0.25) is 0 Å². The number of aromatic nitrogens is 1. The van der Waals surface area contributed by atoms with Gasteiger partial charge in [0.15, 0.2) is 0 Å². The lowest BCUT2D eigenvalue weighted by atomic mass is 9.94. The number of hydrogen-bond acceptors (Lipinski definition) is 4. The number of benzene rings is 2. The Labute approximate surface area is 200 Å². The summed E-state index contributed by atoms with van der Waals surface area (Å²) >= 11 is 0.